The van der Waals surface area contributed by atoms with Crippen molar-refractivity contribution < 1.29 is 9.52 Å². The van der Waals surface area contributed by atoms with Gasteiger partial charge in [0.2, 0.25) is 5.95 Å². The quantitative estimate of drug-likeness (QED) is 0.593. The zero-order chi connectivity index (χ0) is 15.5. The summed E-state index contributed by atoms with van der Waals surface area (Å²) in [6.45, 7) is 2.84. The van der Waals surface area contributed by atoms with Crippen LogP contribution in [0.4, 0.5) is 5.95 Å². The summed E-state index contributed by atoms with van der Waals surface area (Å²) in [5.41, 5.74) is 2.25. The molecule has 1 aromatic carbocycles. The summed E-state index contributed by atoms with van der Waals surface area (Å²) in [6, 6.07) is 10.7. The molecule has 0 aliphatic heterocycles. The van der Waals surface area contributed by atoms with Crippen molar-refractivity contribution in [3.05, 3.63) is 59.6 Å². The second-order valence-corrected chi connectivity index (χ2v) is 4.98. The third-order valence-corrected chi connectivity index (χ3v) is 3.39. The number of amides is 1. The summed E-state index contributed by atoms with van der Waals surface area (Å²) in [4.78, 5) is 16.8. The van der Waals surface area contributed by atoms with Crippen LogP contribution in [0.15, 0.2) is 48.8 Å². The van der Waals surface area contributed by atoms with E-state index in [1.54, 1.807) is 0 Å². The number of nitrogens with one attached hydrogen (secondary N) is 1. The number of imidazole rings is 1. The molecule has 1 N–H and O–H groups in total. The normalized spacial score (nSPS) is 10.8. The van der Waals surface area contributed by atoms with Crippen molar-refractivity contribution >= 4 is 22.9 Å². The molecular weight excluding hydrogens is 280 g/mol. The van der Waals surface area contributed by atoms with Gasteiger partial charge in [-0.05, 0) is 18.6 Å². The van der Waals surface area contributed by atoms with E-state index in [4.69, 9.17) is 0 Å². The zero-order valence-corrected chi connectivity index (χ0v) is 12.2. The Labute approximate surface area is 127 Å². The van der Waals surface area contributed by atoms with Crippen molar-refractivity contribution in [1.82, 2.24) is 9.55 Å². The van der Waals surface area contributed by atoms with Gasteiger partial charge in [-0.15, -0.1) is 0 Å². The van der Waals surface area contributed by atoms with E-state index >= 15 is 0 Å². The summed E-state index contributed by atoms with van der Waals surface area (Å²) >= 11 is 0. The molecule has 22 heavy (non-hydrogen) atoms. The summed E-state index contributed by atoms with van der Waals surface area (Å²) in [5.74, 6) is 0.236. The number of pyridine rings is 1. The Morgan fingerprint density at radius 1 is 1.27 bits per heavy atom. The fraction of sp³-hybridized carbons (Fsp3) is 0.188. The number of para-hydroxylation sites is 2. The number of carbonyl (C=O) groups is 1. The summed E-state index contributed by atoms with van der Waals surface area (Å²) in [6.07, 6.45) is 3.53. The molecule has 0 bridgehead atoms. The van der Waals surface area contributed by atoms with Gasteiger partial charge in [0.1, 0.15) is 0 Å². The van der Waals surface area contributed by atoms with E-state index in [-0.39, 0.29) is 5.91 Å². The fourth-order valence-electron chi connectivity index (χ4n) is 2.36. The number of carbonyl (C=O) groups excluding carboxylic acids is 1. The molecule has 3 rings (SSSR count). The van der Waals surface area contributed by atoms with Crippen LogP contribution in [0.3, 0.4) is 0 Å². The van der Waals surface area contributed by atoms with Crippen LogP contribution < -0.4 is 10.0 Å². The maximum atomic E-state index is 12.3. The molecule has 112 valence electrons. The van der Waals surface area contributed by atoms with Crippen LogP contribution >= 0.6 is 0 Å². The fourth-order valence-corrected chi connectivity index (χ4v) is 2.36. The first-order valence-corrected chi connectivity index (χ1v) is 7.14. The number of hydrogen-bond acceptors (Lipinski definition) is 3. The van der Waals surface area contributed by atoms with Crippen LogP contribution in [0.25, 0.3) is 11.0 Å². The Morgan fingerprint density at radius 3 is 2.73 bits per heavy atom. The van der Waals surface area contributed by atoms with Gasteiger partial charge in [-0.3, -0.25) is 10.1 Å². The standard InChI is InChI=1S/C16H16N4O2/c1-2-9-20-14-6-4-3-5-13(14)17-16(20)18-15(21)12-7-10-19(22)11-8-12/h3-8,10-11H,2,9H2,1H3,(H,17,18,21). The van der Waals surface area contributed by atoms with Gasteiger partial charge in [0, 0.05) is 18.7 Å². The molecule has 6 heteroatoms. The lowest BCUT2D eigenvalue weighted by molar-refractivity contribution is -0.605. The van der Waals surface area contributed by atoms with Gasteiger partial charge in [0.15, 0.2) is 12.4 Å². The Hall–Kier alpha value is -2.89. The molecule has 0 unspecified atom stereocenters. The van der Waals surface area contributed by atoms with E-state index in [0.29, 0.717) is 16.2 Å². The molecule has 2 aromatic heterocycles. The number of rotatable bonds is 4. The monoisotopic (exact) mass is 296 g/mol. The molecule has 0 radical (unpaired) electrons. The van der Waals surface area contributed by atoms with Crippen LogP contribution in [0.5, 0.6) is 0 Å². The molecule has 0 aliphatic rings. The summed E-state index contributed by atoms with van der Waals surface area (Å²) in [7, 11) is 0. The van der Waals surface area contributed by atoms with E-state index < -0.39 is 0 Å². The molecule has 0 saturated carbocycles. The number of hydrogen-bond donors (Lipinski definition) is 1. The zero-order valence-electron chi connectivity index (χ0n) is 12.2. The average Bonchev–Trinajstić information content (AvgIpc) is 2.86. The van der Waals surface area contributed by atoms with E-state index in [1.165, 1.54) is 24.5 Å². The summed E-state index contributed by atoms with van der Waals surface area (Å²) in [5, 5.41) is 13.8. The second-order valence-electron chi connectivity index (χ2n) is 4.98. The molecule has 3 aromatic rings. The van der Waals surface area contributed by atoms with Gasteiger partial charge in [0.05, 0.1) is 16.6 Å². The Bertz CT molecular complexity index is 809. The predicted molar refractivity (Wildman–Crippen MR) is 83.4 cm³/mol. The minimum absolute atomic E-state index is 0.284. The number of aryl methyl sites for hydroxylation is 1. The first-order chi connectivity index (χ1) is 10.7. The third-order valence-electron chi connectivity index (χ3n) is 3.39. The third kappa shape index (κ3) is 2.63. The Balaban J connectivity index is 1.94. The highest BCUT2D eigenvalue weighted by atomic mass is 16.5. The van der Waals surface area contributed by atoms with Crippen LogP contribution in [0.1, 0.15) is 23.7 Å². The van der Waals surface area contributed by atoms with Crippen LogP contribution in [0, 0.1) is 5.21 Å². The van der Waals surface area contributed by atoms with Gasteiger partial charge >= 0.3 is 0 Å². The SMILES string of the molecule is CCCn1c(NC(=O)c2cc[n+]([O-])cc2)nc2ccccc21. The number of aromatic nitrogens is 3. The predicted octanol–water partition coefficient (Wildman–Crippen LogP) is 2.33. The molecule has 0 fully saturated rings. The van der Waals surface area contributed by atoms with Gasteiger partial charge in [-0.1, -0.05) is 19.1 Å². The molecule has 0 atom stereocenters. The van der Waals surface area contributed by atoms with Crippen LogP contribution in [0.2, 0.25) is 0 Å². The van der Waals surface area contributed by atoms with E-state index in [1.807, 2.05) is 28.8 Å². The van der Waals surface area contributed by atoms with E-state index in [0.717, 1.165) is 24.0 Å². The highest BCUT2D eigenvalue weighted by Crippen LogP contribution is 2.20. The average molecular weight is 296 g/mol. The van der Waals surface area contributed by atoms with Gasteiger partial charge < -0.3 is 9.77 Å². The minimum Gasteiger partial charge on any atom is -0.619 e. The Kier molecular flexibility index (Phi) is 3.74. The van der Waals surface area contributed by atoms with Crippen molar-refractivity contribution in [3.63, 3.8) is 0 Å². The number of benzene rings is 1. The highest BCUT2D eigenvalue weighted by molar-refractivity contribution is 6.03. The number of anilines is 1. The summed E-state index contributed by atoms with van der Waals surface area (Å²) < 4.78 is 2.63. The van der Waals surface area contributed by atoms with Crippen LogP contribution in [-0.4, -0.2) is 15.5 Å². The van der Waals surface area contributed by atoms with E-state index in [9.17, 15) is 10.0 Å². The highest BCUT2D eigenvalue weighted by Gasteiger charge is 2.14. The van der Waals surface area contributed by atoms with Crippen LogP contribution in [-0.2, 0) is 6.54 Å². The van der Waals surface area contributed by atoms with Crippen molar-refractivity contribution in [2.45, 2.75) is 19.9 Å². The molecule has 0 spiro atoms. The molecule has 2 heterocycles. The van der Waals surface area contributed by atoms with Gasteiger partial charge in [-0.25, -0.2) is 4.98 Å². The lowest BCUT2D eigenvalue weighted by Crippen LogP contribution is -2.25. The smallest absolute Gasteiger partial charge is 0.258 e. The van der Waals surface area contributed by atoms with Crippen molar-refractivity contribution in [3.8, 4) is 0 Å². The van der Waals surface area contributed by atoms with Crippen molar-refractivity contribution in [2.24, 2.45) is 0 Å². The van der Waals surface area contributed by atoms with Crippen molar-refractivity contribution in [2.75, 3.05) is 5.32 Å². The molecule has 0 saturated heterocycles. The molecule has 6 nitrogen and oxygen atoms in total. The van der Waals surface area contributed by atoms with Gasteiger partial charge in [-0.2, -0.15) is 4.73 Å². The number of fused-ring (bicyclic) bond motifs is 1. The lowest BCUT2D eigenvalue weighted by atomic mass is 10.2. The van der Waals surface area contributed by atoms with E-state index in [2.05, 4.69) is 17.2 Å². The molecule has 0 aliphatic carbocycles. The van der Waals surface area contributed by atoms with Gasteiger partial charge in [0.25, 0.3) is 5.91 Å². The largest absolute Gasteiger partial charge is 0.619 e. The lowest BCUT2D eigenvalue weighted by Gasteiger charge is -2.08. The second kappa shape index (κ2) is 5.85. The van der Waals surface area contributed by atoms with Crippen molar-refractivity contribution in [1.29, 1.82) is 0 Å². The number of nitrogens with zero attached hydrogens (tertiary/aromatic N) is 3. The maximum absolute atomic E-state index is 12.3. The first-order valence-electron chi connectivity index (χ1n) is 7.14. The molecule has 1 amide bonds. The molecular formula is C16H16N4O2. The first kappa shape index (κ1) is 14.1. The minimum atomic E-state index is -0.284. The maximum Gasteiger partial charge on any atom is 0.258 e. The topological polar surface area (TPSA) is 73.9 Å². The Morgan fingerprint density at radius 2 is 2.00 bits per heavy atom.